The van der Waals surface area contributed by atoms with Gasteiger partial charge < -0.3 is 10.1 Å². The summed E-state index contributed by atoms with van der Waals surface area (Å²) in [5, 5.41) is 2.96. The lowest BCUT2D eigenvalue weighted by atomic mass is 10.1. The fourth-order valence-corrected chi connectivity index (χ4v) is 5.34. The van der Waals surface area contributed by atoms with Crippen LogP contribution in [0.1, 0.15) is 27.0 Å². The van der Waals surface area contributed by atoms with Crippen LogP contribution < -0.4 is 14.4 Å². The number of nitrogens with one attached hydrogen (secondary N) is 1. The van der Waals surface area contributed by atoms with Crippen LogP contribution in [0.5, 0.6) is 5.75 Å². The van der Waals surface area contributed by atoms with Crippen LogP contribution in [-0.2, 0) is 16.6 Å². The molecule has 0 spiro atoms. The molecule has 1 N–H and O–H groups in total. The van der Waals surface area contributed by atoms with Crippen LogP contribution in [0.2, 0.25) is 0 Å². The van der Waals surface area contributed by atoms with Crippen molar-refractivity contribution in [1.29, 1.82) is 0 Å². The van der Waals surface area contributed by atoms with Gasteiger partial charge in [-0.05, 0) is 73.0 Å². The van der Waals surface area contributed by atoms with Gasteiger partial charge in [0.05, 0.1) is 29.8 Å². The summed E-state index contributed by atoms with van der Waals surface area (Å²) in [4.78, 5) is 13.6. The third kappa shape index (κ3) is 5.42. The first-order valence-electron chi connectivity index (χ1n) is 11.5. The number of para-hydroxylation sites is 1. The van der Waals surface area contributed by atoms with Crippen molar-refractivity contribution in [2.45, 2.75) is 25.3 Å². The fraction of sp³-hybridized carbons (Fsp3) is 0.138. The first-order valence-corrected chi connectivity index (χ1v) is 12.9. The number of ether oxygens (including phenoxy) is 1. The summed E-state index contributed by atoms with van der Waals surface area (Å²) in [5.41, 5.74) is 3.95. The van der Waals surface area contributed by atoms with Gasteiger partial charge in [-0.1, -0.05) is 54.6 Å². The molecule has 0 bridgehead atoms. The highest BCUT2D eigenvalue weighted by atomic mass is 32.2. The van der Waals surface area contributed by atoms with E-state index in [0.717, 1.165) is 16.7 Å². The Labute approximate surface area is 212 Å². The smallest absolute Gasteiger partial charge is 0.264 e. The van der Waals surface area contributed by atoms with E-state index in [4.69, 9.17) is 4.74 Å². The van der Waals surface area contributed by atoms with Crippen LogP contribution in [0.25, 0.3) is 0 Å². The Morgan fingerprint density at radius 1 is 0.861 bits per heavy atom. The molecule has 0 saturated heterocycles. The highest BCUT2D eigenvalue weighted by Crippen LogP contribution is 2.31. The summed E-state index contributed by atoms with van der Waals surface area (Å²) >= 11 is 0. The number of amides is 1. The lowest BCUT2D eigenvalue weighted by Gasteiger charge is -2.27. The minimum Gasteiger partial charge on any atom is -0.497 e. The van der Waals surface area contributed by atoms with Gasteiger partial charge in [-0.25, -0.2) is 8.42 Å². The maximum Gasteiger partial charge on any atom is 0.264 e. The SMILES string of the molecule is COc1ccc(S(=O)(=O)N(Cc2ccccc2)c2ccccc2C(=O)Nc2cc(C)ccc2C)cc1. The molecule has 1 amide bonds. The van der Waals surface area contributed by atoms with Gasteiger partial charge in [-0.15, -0.1) is 0 Å². The predicted molar refractivity (Wildman–Crippen MR) is 143 cm³/mol. The Balaban J connectivity index is 1.79. The van der Waals surface area contributed by atoms with E-state index in [1.807, 2.05) is 62.4 Å². The van der Waals surface area contributed by atoms with Gasteiger partial charge in [0.2, 0.25) is 0 Å². The van der Waals surface area contributed by atoms with E-state index in [2.05, 4.69) is 5.32 Å². The van der Waals surface area contributed by atoms with E-state index in [0.29, 0.717) is 17.1 Å². The summed E-state index contributed by atoms with van der Waals surface area (Å²) in [7, 11) is -2.50. The number of anilines is 2. The molecular weight excluding hydrogens is 472 g/mol. The summed E-state index contributed by atoms with van der Waals surface area (Å²) in [6.07, 6.45) is 0. The van der Waals surface area contributed by atoms with Gasteiger partial charge >= 0.3 is 0 Å². The molecule has 0 radical (unpaired) electrons. The monoisotopic (exact) mass is 500 g/mol. The van der Waals surface area contributed by atoms with Crippen molar-refractivity contribution in [3.05, 3.63) is 119 Å². The topological polar surface area (TPSA) is 75.7 Å². The van der Waals surface area contributed by atoms with Gasteiger partial charge in [-0.3, -0.25) is 9.10 Å². The molecule has 0 unspecified atom stereocenters. The van der Waals surface area contributed by atoms with Gasteiger partial charge in [0, 0.05) is 5.69 Å². The van der Waals surface area contributed by atoms with Gasteiger partial charge in [-0.2, -0.15) is 0 Å². The molecule has 4 aromatic rings. The standard InChI is InChI=1S/C29H28N2O4S/c1-21-13-14-22(2)27(19-21)30-29(32)26-11-7-8-12-28(26)31(20-23-9-5-4-6-10-23)36(33,34)25-17-15-24(35-3)16-18-25/h4-19H,20H2,1-3H3,(H,30,32). The van der Waals surface area contributed by atoms with Crippen LogP contribution in [0.4, 0.5) is 11.4 Å². The lowest BCUT2D eigenvalue weighted by molar-refractivity contribution is 0.102. The number of methoxy groups -OCH3 is 1. The zero-order valence-electron chi connectivity index (χ0n) is 20.4. The van der Waals surface area contributed by atoms with E-state index in [1.165, 1.54) is 23.5 Å². The molecule has 0 atom stereocenters. The van der Waals surface area contributed by atoms with E-state index in [9.17, 15) is 13.2 Å². The van der Waals surface area contributed by atoms with Crippen LogP contribution in [0.3, 0.4) is 0 Å². The largest absolute Gasteiger partial charge is 0.497 e. The van der Waals surface area contributed by atoms with Crippen LogP contribution in [0.15, 0.2) is 102 Å². The fourth-order valence-electron chi connectivity index (χ4n) is 3.87. The maximum absolute atomic E-state index is 13.9. The zero-order chi connectivity index (χ0) is 25.7. The number of nitrogens with zero attached hydrogens (tertiary/aromatic N) is 1. The number of rotatable bonds is 8. The number of sulfonamides is 1. The molecule has 0 saturated carbocycles. The van der Waals surface area contributed by atoms with Crippen LogP contribution in [0, 0.1) is 13.8 Å². The van der Waals surface area contributed by atoms with Crippen molar-refractivity contribution in [3.63, 3.8) is 0 Å². The summed E-state index contributed by atoms with van der Waals surface area (Å²) in [6, 6.07) is 28.1. The second-order valence-corrected chi connectivity index (χ2v) is 10.3. The summed E-state index contributed by atoms with van der Waals surface area (Å²) in [5.74, 6) is 0.166. The average Bonchev–Trinajstić information content (AvgIpc) is 2.90. The molecule has 0 aromatic heterocycles. The molecule has 0 fully saturated rings. The first kappa shape index (κ1) is 25.0. The number of carbonyl (C=O) groups excluding carboxylic acids is 1. The van der Waals surface area contributed by atoms with E-state index >= 15 is 0 Å². The van der Waals surface area contributed by atoms with E-state index in [-0.39, 0.29) is 22.9 Å². The minimum atomic E-state index is -4.02. The molecule has 7 heteroatoms. The molecule has 0 aliphatic heterocycles. The highest BCUT2D eigenvalue weighted by Gasteiger charge is 2.29. The number of carbonyl (C=O) groups is 1. The average molecular weight is 501 g/mol. The number of aryl methyl sites for hydroxylation is 2. The van der Waals surface area contributed by atoms with Crippen molar-refractivity contribution in [2.75, 3.05) is 16.7 Å². The number of hydrogen-bond acceptors (Lipinski definition) is 4. The Bertz CT molecular complexity index is 1470. The third-order valence-electron chi connectivity index (χ3n) is 5.88. The summed E-state index contributed by atoms with van der Waals surface area (Å²) in [6.45, 7) is 3.92. The number of hydrogen-bond donors (Lipinski definition) is 1. The second-order valence-electron chi connectivity index (χ2n) is 8.46. The van der Waals surface area contributed by atoms with E-state index < -0.39 is 10.0 Å². The Hall–Kier alpha value is -4.10. The Kier molecular flexibility index (Phi) is 7.41. The van der Waals surface area contributed by atoms with Crippen molar-refractivity contribution >= 4 is 27.3 Å². The minimum absolute atomic E-state index is 0.0585. The molecule has 4 rings (SSSR count). The van der Waals surface area contributed by atoms with Crippen molar-refractivity contribution < 1.29 is 17.9 Å². The van der Waals surface area contributed by atoms with Crippen molar-refractivity contribution in [3.8, 4) is 5.75 Å². The molecule has 0 heterocycles. The van der Waals surface area contributed by atoms with Gasteiger partial charge in [0.25, 0.3) is 15.9 Å². The molecular formula is C29H28N2O4S. The maximum atomic E-state index is 13.9. The number of benzene rings is 4. The van der Waals surface area contributed by atoms with Gasteiger partial charge in [0.15, 0.2) is 0 Å². The summed E-state index contributed by atoms with van der Waals surface area (Å²) < 4.78 is 34.3. The molecule has 0 aliphatic rings. The Morgan fingerprint density at radius 3 is 2.22 bits per heavy atom. The van der Waals surface area contributed by atoms with Crippen LogP contribution in [-0.4, -0.2) is 21.4 Å². The van der Waals surface area contributed by atoms with Crippen molar-refractivity contribution in [2.24, 2.45) is 0 Å². The normalized spacial score (nSPS) is 11.1. The molecule has 36 heavy (non-hydrogen) atoms. The van der Waals surface area contributed by atoms with E-state index in [1.54, 1.807) is 36.4 Å². The highest BCUT2D eigenvalue weighted by molar-refractivity contribution is 7.92. The van der Waals surface area contributed by atoms with Crippen molar-refractivity contribution in [1.82, 2.24) is 0 Å². The second kappa shape index (κ2) is 10.7. The van der Waals surface area contributed by atoms with Crippen LogP contribution >= 0.6 is 0 Å². The Morgan fingerprint density at radius 2 is 1.53 bits per heavy atom. The first-order chi connectivity index (χ1) is 17.3. The molecule has 4 aromatic carbocycles. The zero-order valence-corrected chi connectivity index (χ0v) is 21.2. The molecule has 6 nitrogen and oxygen atoms in total. The third-order valence-corrected chi connectivity index (χ3v) is 7.65. The quantitative estimate of drug-likeness (QED) is 0.324. The molecule has 184 valence electrons. The van der Waals surface area contributed by atoms with Gasteiger partial charge in [0.1, 0.15) is 5.75 Å². The lowest BCUT2D eigenvalue weighted by Crippen LogP contribution is -2.32. The molecule has 0 aliphatic carbocycles. The predicted octanol–water partition coefficient (Wildman–Crippen LogP) is 5.96.